The van der Waals surface area contributed by atoms with Crippen LogP contribution in [0.1, 0.15) is 31.9 Å². The van der Waals surface area contributed by atoms with E-state index in [1.54, 1.807) is 16.2 Å². The zero-order chi connectivity index (χ0) is 17.1. The topological polar surface area (TPSA) is 68.2 Å². The van der Waals surface area contributed by atoms with Gasteiger partial charge in [0.15, 0.2) is 0 Å². The number of benzene rings is 1. The molecule has 2 unspecified atom stereocenters. The summed E-state index contributed by atoms with van der Waals surface area (Å²) >= 11 is 0. The van der Waals surface area contributed by atoms with Gasteiger partial charge in [-0.05, 0) is 25.8 Å². The molecule has 0 saturated carbocycles. The summed E-state index contributed by atoms with van der Waals surface area (Å²) in [5, 5.41) is 7.18. The molecule has 0 radical (unpaired) electrons. The Morgan fingerprint density at radius 1 is 1.29 bits per heavy atom. The Morgan fingerprint density at radius 2 is 2.00 bits per heavy atom. The molecule has 0 spiro atoms. The number of hydrogen-bond donors (Lipinski definition) is 1. The van der Waals surface area contributed by atoms with Crippen molar-refractivity contribution in [3.8, 4) is 0 Å². The van der Waals surface area contributed by atoms with Crippen molar-refractivity contribution in [3.05, 3.63) is 35.9 Å². The first-order valence-corrected chi connectivity index (χ1v) is 8.36. The van der Waals surface area contributed by atoms with Gasteiger partial charge in [-0.15, -0.1) is 0 Å². The van der Waals surface area contributed by atoms with Crippen LogP contribution in [0.15, 0.2) is 35.4 Å². The molecule has 2 aliphatic rings. The predicted molar refractivity (Wildman–Crippen MR) is 90.7 cm³/mol. The molecule has 2 atom stereocenters. The Morgan fingerprint density at radius 3 is 2.67 bits per heavy atom. The average Bonchev–Trinajstić information content (AvgIpc) is 3.04. The number of rotatable bonds is 5. The number of carbonyl (C=O) groups excluding carboxylic acids is 2. The minimum atomic E-state index is -0.322. The number of amides is 2. The van der Waals surface area contributed by atoms with Gasteiger partial charge >= 0.3 is 0 Å². The first kappa shape index (κ1) is 16.4. The van der Waals surface area contributed by atoms with Crippen LogP contribution >= 0.6 is 0 Å². The van der Waals surface area contributed by atoms with Gasteiger partial charge in [0.05, 0.1) is 6.04 Å². The van der Waals surface area contributed by atoms with Gasteiger partial charge in [0.2, 0.25) is 5.91 Å². The fourth-order valence-electron chi connectivity index (χ4n) is 3.16. The van der Waals surface area contributed by atoms with Gasteiger partial charge in [-0.2, -0.15) is 5.10 Å². The van der Waals surface area contributed by atoms with E-state index in [-0.39, 0.29) is 30.4 Å². The minimum Gasteiger partial charge on any atom is -0.342 e. The van der Waals surface area contributed by atoms with E-state index in [2.05, 4.69) is 10.5 Å². The van der Waals surface area contributed by atoms with Crippen molar-refractivity contribution < 1.29 is 9.59 Å². The van der Waals surface area contributed by atoms with Gasteiger partial charge in [0.25, 0.3) is 5.91 Å². The Kier molecular flexibility index (Phi) is 4.80. The van der Waals surface area contributed by atoms with Crippen LogP contribution < -0.4 is 5.43 Å². The number of carbonyl (C=O) groups is 2. The third-order valence-corrected chi connectivity index (χ3v) is 4.56. The molecule has 0 aliphatic carbocycles. The van der Waals surface area contributed by atoms with Crippen LogP contribution in [0.2, 0.25) is 0 Å². The lowest BCUT2D eigenvalue weighted by molar-refractivity contribution is -0.143. The smallest absolute Gasteiger partial charge is 0.267 e. The lowest BCUT2D eigenvalue weighted by atomic mass is 10.0. The van der Waals surface area contributed by atoms with Crippen LogP contribution in [0.4, 0.5) is 0 Å². The summed E-state index contributed by atoms with van der Waals surface area (Å²) in [6.45, 7) is 5.12. The Hall–Kier alpha value is -2.41. The fourth-order valence-corrected chi connectivity index (χ4v) is 3.16. The van der Waals surface area contributed by atoms with Crippen LogP contribution in [0.25, 0.3) is 0 Å². The van der Waals surface area contributed by atoms with Crippen LogP contribution in [0.5, 0.6) is 0 Å². The number of likely N-dealkylation sites (N-methyl/N-ethyl adjacent to an activating group) is 1. The first-order valence-electron chi connectivity index (χ1n) is 8.36. The maximum atomic E-state index is 12.7. The summed E-state index contributed by atoms with van der Waals surface area (Å²) in [6, 6.07) is 9.78. The average molecular weight is 329 g/mol. The van der Waals surface area contributed by atoms with Crippen molar-refractivity contribution >= 4 is 18.2 Å². The summed E-state index contributed by atoms with van der Waals surface area (Å²) in [7, 11) is 0. The number of hydrazine groups is 1. The standard InChI is InChI=1S/C17H23N5O2/c1-3-20(4-2)16(23)11-21-17(24)15-10-14(19-22(15)12-18-21)13-8-6-5-7-9-13/h5-9,12,14-15,19H,3-4,10-11H2,1-2H3. The van der Waals surface area contributed by atoms with Gasteiger partial charge < -0.3 is 4.90 Å². The maximum absolute atomic E-state index is 12.7. The molecule has 24 heavy (non-hydrogen) atoms. The highest BCUT2D eigenvalue weighted by Gasteiger charge is 2.41. The van der Waals surface area contributed by atoms with E-state index in [9.17, 15) is 9.59 Å². The van der Waals surface area contributed by atoms with E-state index < -0.39 is 0 Å². The van der Waals surface area contributed by atoms with Crippen molar-refractivity contribution in [2.45, 2.75) is 32.4 Å². The van der Waals surface area contributed by atoms with E-state index in [4.69, 9.17) is 0 Å². The molecule has 2 aliphatic heterocycles. The SMILES string of the molecule is CCN(CC)C(=O)CN1N=CN2NC(c3ccccc3)CC2C1=O. The fraction of sp³-hybridized carbons (Fsp3) is 0.471. The van der Waals surface area contributed by atoms with Crippen LogP contribution in [-0.2, 0) is 9.59 Å². The third kappa shape index (κ3) is 3.12. The van der Waals surface area contributed by atoms with E-state index in [1.807, 2.05) is 44.2 Å². The largest absolute Gasteiger partial charge is 0.342 e. The summed E-state index contributed by atoms with van der Waals surface area (Å²) in [4.78, 5) is 26.6. The molecule has 1 N–H and O–H groups in total. The van der Waals surface area contributed by atoms with E-state index in [0.717, 1.165) is 5.56 Å². The highest BCUT2D eigenvalue weighted by molar-refractivity contribution is 5.91. The molecular weight excluding hydrogens is 306 g/mol. The second-order valence-electron chi connectivity index (χ2n) is 5.94. The van der Waals surface area contributed by atoms with Gasteiger partial charge in [0.1, 0.15) is 18.9 Å². The predicted octanol–water partition coefficient (Wildman–Crippen LogP) is 0.960. The van der Waals surface area contributed by atoms with Crippen molar-refractivity contribution in [1.82, 2.24) is 20.3 Å². The molecule has 128 valence electrons. The molecule has 1 aromatic carbocycles. The van der Waals surface area contributed by atoms with E-state index in [1.165, 1.54) is 5.01 Å². The highest BCUT2D eigenvalue weighted by atomic mass is 16.2. The molecule has 0 bridgehead atoms. The second-order valence-corrected chi connectivity index (χ2v) is 5.94. The molecule has 1 fully saturated rings. The number of nitrogens with zero attached hydrogens (tertiary/aromatic N) is 4. The number of hydrazone groups is 1. The zero-order valence-electron chi connectivity index (χ0n) is 14.1. The normalized spacial score (nSPS) is 22.7. The molecule has 2 amide bonds. The quantitative estimate of drug-likeness (QED) is 0.874. The summed E-state index contributed by atoms with van der Waals surface area (Å²) in [6.07, 6.45) is 2.26. The van der Waals surface area contributed by atoms with Gasteiger partial charge in [-0.1, -0.05) is 30.3 Å². The van der Waals surface area contributed by atoms with Gasteiger partial charge in [-0.3, -0.25) is 14.6 Å². The highest BCUT2D eigenvalue weighted by Crippen LogP contribution is 2.29. The molecule has 2 heterocycles. The third-order valence-electron chi connectivity index (χ3n) is 4.56. The van der Waals surface area contributed by atoms with Crippen LogP contribution in [0.3, 0.4) is 0 Å². The lowest BCUT2D eigenvalue weighted by Crippen LogP contribution is -2.52. The summed E-state index contributed by atoms with van der Waals surface area (Å²) < 4.78 is 0. The Labute approximate surface area is 141 Å². The van der Waals surface area contributed by atoms with E-state index in [0.29, 0.717) is 19.5 Å². The first-order chi connectivity index (χ1) is 11.6. The van der Waals surface area contributed by atoms with Crippen LogP contribution in [0, 0.1) is 0 Å². The van der Waals surface area contributed by atoms with Gasteiger partial charge in [0, 0.05) is 13.1 Å². The molecule has 3 rings (SSSR count). The summed E-state index contributed by atoms with van der Waals surface area (Å²) in [5.74, 6) is -0.214. The number of nitrogens with one attached hydrogen (secondary N) is 1. The van der Waals surface area contributed by atoms with E-state index >= 15 is 0 Å². The maximum Gasteiger partial charge on any atom is 0.267 e. The number of fused-ring (bicyclic) bond motifs is 1. The van der Waals surface area contributed by atoms with Gasteiger partial charge in [-0.25, -0.2) is 10.4 Å². The van der Waals surface area contributed by atoms with Crippen molar-refractivity contribution in [2.75, 3.05) is 19.6 Å². The van der Waals surface area contributed by atoms with Crippen molar-refractivity contribution in [1.29, 1.82) is 0 Å². The zero-order valence-corrected chi connectivity index (χ0v) is 14.1. The van der Waals surface area contributed by atoms with Crippen molar-refractivity contribution in [2.24, 2.45) is 5.10 Å². The molecule has 7 heteroatoms. The molecule has 7 nitrogen and oxygen atoms in total. The van der Waals surface area contributed by atoms with Crippen molar-refractivity contribution in [3.63, 3.8) is 0 Å². The summed E-state index contributed by atoms with van der Waals surface area (Å²) in [5.41, 5.74) is 4.44. The minimum absolute atomic E-state index is 0.00262. The molecular formula is C17H23N5O2. The lowest BCUT2D eigenvalue weighted by Gasteiger charge is -2.31. The molecule has 1 aromatic rings. The van der Waals surface area contributed by atoms with Crippen LogP contribution in [-0.4, -0.2) is 58.7 Å². The Balaban J connectivity index is 1.67. The molecule has 1 saturated heterocycles. The number of hydrogen-bond acceptors (Lipinski definition) is 5. The molecule has 0 aromatic heterocycles. The Bertz CT molecular complexity index is 629. The monoisotopic (exact) mass is 329 g/mol. The second kappa shape index (κ2) is 7.00.